The van der Waals surface area contributed by atoms with Crippen LogP contribution in [0.4, 0.5) is 0 Å². The number of hydrogen-bond donors (Lipinski definition) is 1. The molecule has 0 unspecified atom stereocenters. The maximum Gasteiger partial charge on any atom is 0.223 e. The standard InChI is InChI=1S/C13H14BrNO3/c14-10-1-4-12(9(7-10)8-16)18-6-5-13(17)15-11-2-3-11/h1,4,7-8,11H,2-3,5-6H2,(H,15,17). The molecule has 0 aliphatic heterocycles. The van der Waals surface area contributed by atoms with Gasteiger partial charge in [-0.1, -0.05) is 15.9 Å². The van der Waals surface area contributed by atoms with Gasteiger partial charge in [0.05, 0.1) is 18.6 Å². The lowest BCUT2D eigenvalue weighted by atomic mass is 10.2. The molecule has 1 aliphatic carbocycles. The SMILES string of the molecule is O=Cc1cc(Br)ccc1OCCC(=O)NC1CC1. The minimum atomic E-state index is 0.00210. The van der Waals surface area contributed by atoms with E-state index >= 15 is 0 Å². The molecule has 0 saturated heterocycles. The van der Waals surface area contributed by atoms with Crippen molar-refractivity contribution < 1.29 is 14.3 Å². The molecule has 0 heterocycles. The Bertz CT molecular complexity index is 458. The second-order valence-corrected chi connectivity index (χ2v) is 5.16. The van der Waals surface area contributed by atoms with E-state index in [1.54, 1.807) is 18.2 Å². The Kier molecular flexibility index (Phi) is 4.36. The van der Waals surface area contributed by atoms with Crippen LogP contribution in [0.25, 0.3) is 0 Å². The Hall–Kier alpha value is -1.36. The van der Waals surface area contributed by atoms with Crippen molar-refractivity contribution in [3.63, 3.8) is 0 Å². The van der Waals surface area contributed by atoms with E-state index in [1.165, 1.54) is 0 Å². The van der Waals surface area contributed by atoms with E-state index in [0.29, 0.717) is 23.8 Å². The third-order valence-corrected chi connectivity index (χ3v) is 3.12. The summed E-state index contributed by atoms with van der Waals surface area (Å²) in [5.74, 6) is 0.509. The van der Waals surface area contributed by atoms with Crippen molar-refractivity contribution in [1.82, 2.24) is 5.32 Å². The van der Waals surface area contributed by atoms with Crippen molar-refractivity contribution in [2.75, 3.05) is 6.61 Å². The average Bonchev–Trinajstić information content (AvgIpc) is 3.14. The van der Waals surface area contributed by atoms with Crippen LogP contribution in [0, 0.1) is 0 Å². The van der Waals surface area contributed by atoms with Crippen LogP contribution in [0.15, 0.2) is 22.7 Å². The first-order valence-electron chi connectivity index (χ1n) is 5.86. The zero-order valence-electron chi connectivity index (χ0n) is 9.82. The Morgan fingerprint density at radius 3 is 2.94 bits per heavy atom. The first kappa shape index (κ1) is 13.1. The van der Waals surface area contributed by atoms with Crippen LogP contribution >= 0.6 is 15.9 Å². The summed E-state index contributed by atoms with van der Waals surface area (Å²) in [6, 6.07) is 5.57. The summed E-state index contributed by atoms with van der Waals surface area (Å²) < 4.78 is 6.27. The lowest BCUT2D eigenvalue weighted by Crippen LogP contribution is -2.26. The number of carbonyl (C=O) groups is 2. The maximum atomic E-state index is 11.4. The highest BCUT2D eigenvalue weighted by atomic mass is 79.9. The van der Waals surface area contributed by atoms with Gasteiger partial charge in [0.15, 0.2) is 6.29 Å². The largest absolute Gasteiger partial charge is 0.492 e. The molecule has 18 heavy (non-hydrogen) atoms. The summed E-state index contributed by atoms with van der Waals surface area (Å²) in [4.78, 5) is 22.3. The first-order chi connectivity index (χ1) is 8.69. The van der Waals surface area contributed by atoms with Crippen LogP contribution in [0.1, 0.15) is 29.6 Å². The van der Waals surface area contributed by atoms with E-state index in [9.17, 15) is 9.59 Å². The van der Waals surface area contributed by atoms with Crippen molar-refractivity contribution in [1.29, 1.82) is 0 Å². The molecule has 5 heteroatoms. The monoisotopic (exact) mass is 311 g/mol. The van der Waals surface area contributed by atoms with Crippen LogP contribution in [0.2, 0.25) is 0 Å². The van der Waals surface area contributed by atoms with Gasteiger partial charge >= 0.3 is 0 Å². The molecule has 1 fully saturated rings. The number of hydrogen-bond acceptors (Lipinski definition) is 3. The molecule has 0 radical (unpaired) electrons. The molecule has 4 nitrogen and oxygen atoms in total. The molecule has 1 aliphatic rings. The average molecular weight is 312 g/mol. The lowest BCUT2D eigenvalue weighted by molar-refractivity contribution is -0.121. The smallest absolute Gasteiger partial charge is 0.223 e. The minimum Gasteiger partial charge on any atom is -0.492 e. The van der Waals surface area contributed by atoms with Gasteiger partial charge in [0, 0.05) is 10.5 Å². The van der Waals surface area contributed by atoms with Gasteiger partial charge in [-0.15, -0.1) is 0 Å². The number of ether oxygens (including phenoxy) is 1. The molecule has 96 valence electrons. The van der Waals surface area contributed by atoms with Crippen molar-refractivity contribution in [3.05, 3.63) is 28.2 Å². The van der Waals surface area contributed by atoms with Crippen molar-refractivity contribution in [2.24, 2.45) is 0 Å². The Morgan fingerprint density at radius 2 is 2.28 bits per heavy atom. The van der Waals surface area contributed by atoms with Crippen molar-refractivity contribution in [3.8, 4) is 5.75 Å². The van der Waals surface area contributed by atoms with E-state index in [4.69, 9.17) is 4.74 Å². The fourth-order valence-corrected chi connectivity index (χ4v) is 1.90. The second-order valence-electron chi connectivity index (χ2n) is 4.24. The number of amides is 1. The Labute approximate surface area is 114 Å². The number of carbonyl (C=O) groups excluding carboxylic acids is 2. The number of rotatable bonds is 6. The lowest BCUT2D eigenvalue weighted by Gasteiger charge is -2.08. The molecular weight excluding hydrogens is 298 g/mol. The van der Waals surface area contributed by atoms with Gasteiger partial charge < -0.3 is 10.1 Å². The topological polar surface area (TPSA) is 55.4 Å². The van der Waals surface area contributed by atoms with Gasteiger partial charge in [-0.2, -0.15) is 0 Å². The van der Waals surface area contributed by atoms with Gasteiger partial charge in [-0.25, -0.2) is 0 Å². The quantitative estimate of drug-likeness (QED) is 0.820. The van der Waals surface area contributed by atoms with Crippen LogP contribution in [-0.4, -0.2) is 24.8 Å². The van der Waals surface area contributed by atoms with Gasteiger partial charge in [0.1, 0.15) is 5.75 Å². The molecule has 0 spiro atoms. The minimum absolute atomic E-state index is 0.00210. The van der Waals surface area contributed by atoms with Gasteiger partial charge in [-0.05, 0) is 31.0 Å². The highest BCUT2D eigenvalue weighted by Gasteiger charge is 2.22. The summed E-state index contributed by atoms with van der Waals surface area (Å²) in [6.07, 6.45) is 3.21. The molecular formula is C13H14BrNO3. The fraction of sp³-hybridized carbons (Fsp3) is 0.385. The summed E-state index contributed by atoms with van der Waals surface area (Å²) in [5.41, 5.74) is 0.479. The summed E-state index contributed by atoms with van der Waals surface area (Å²) in [7, 11) is 0. The van der Waals surface area contributed by atoms with Gasteiger partial charge in [-0.3, -0.25) is 9.59 Å². The molecule has 1 aromatic rings. The summed E-state index contributed by atoms with van der Waals surface area (Å²) >= 11 is 3.28. The molecule has 1 amide bonds. The second kappa shape index (κ2) is 6.00. The normalized spacial score (nSPS) is 14.1. The Morgan fingerprint density at radius 1 is 1.50 bits per heavy atom. The highest BCUT2D eigenvalue weighted by Crippen LogP contribution is 2.22. The molecule has 0 bridgehead atoms. The van der Waals surface area contributed by atoms with Crippen LogP contribution in [0.3, 0.4) is 0 Å². The predicted molar refractivity (Wildman–Crippen MR) is 70.8 cm³/mol. The molecule has 1 saturated carbocycles. The molecule has 0 atom stereocenters. The maximum absolute atomic E-state index is 11.4. The van der Waals surface area contributed by atoms with E-state index in [-0.39, 0.29) is 12.5 Å². The van der Waals surface area contributed by atoms with Crippen LogP contribution in [-0.2, 0) is 4.79 Å². The van der Waals surface area contributed by atoms with Crippen molar-refractivity contribution >= 4 is 28.1 Å². The first-order valence-corrected chi connectivity index (χ1v) is 6.65. The van der Waals surface area contributed by atoms with Crippen molar-refractivity contribution in [2.45, 2.75) is 25.3 Å². The number of halogens is 1. The van der Waals surface area contributed by atoms with E-state index < -0.39 is 0 Å². The third-order valence-electron chi connectivity index (χ3n) is 2.63. The zero-order chi connectivity index (χ0) is 13.0. The Balaban J connectivity index is 1.81. The highest BCUT2D eigenvalue weighted by molar-refractivity contribution is 9.10. The predicted octanol–water partition coefficient (Wildman–Crippen LogP) is 2.31. The summed E-state index contributed by atoms with van der Waals surface area (Å²) in [5, 5.41) is 2.88. The zero-order valence-corrected chi connectivity index (χ0v) is 11.4. The molecule has 1 aromatic carbocycles. The number of benzene rings is 1. The number of nitrogens with one attached hydrogen (secondary N) is 1. The van der Waals surface area contributed by atoms with E-state index in [2.05, 4.69) is 21.2 Å². The van der Waals surface area contributed by atoms with E-state index in [0.717, 1.165) is 23.6 Å². The molecule has 0 aromatic heterocycles. The van der Waals surface area contributed by atoms with Crippen LogP contribution in [0.5, 0.6) is 5.75 Å². The fourth-order valence-electron chi connectivity index (χ4n) is 1.52. The number of aldehydes is 1. The molecule has 1 N–H and O–H groups in total. The summed E-state index contributed by atoms with van der Waals surface area (Å²) in [6.45, 7) is 0.279. The van der Waals surface area contributed by atoms with Gasteiger partial charge in [0.25, 0.3) is 0 Å². The third kappa shape index (κ3) is 3.84. The van der Waals surface area contributed by atoms with Crippen LogP contribution < -0.4 is 10.1 Å². The molecule has 2 rings (SSSR count). The van der Waals surface area contributed by atoms with E-state index in [1.807, 2.05) is 0 Å². The van der Waals surface area contributed by atoms with Gasteiger partial charge in [0.2, 0.25) is 5.91 Å².